The maximum absolute atomic E-state index is 12.7. The molecule has 1 aromatic rings. The molecule has 3 nitrogen and oxygen atoms in total. The van der Waals surface area contributed by atoms with Gasteiger partial charge < -0.3 is 10.6 Å². The molecule has 0 bridgehead atoms. The summed E-state index contributed by atoms with van der Waals surface area (Å²) in [5.74, 6) is -0.126. The highest BCUT2D eigenvalue weighted by molar-refractivity contribution is 5.75. The number of carbonyl (C=O) groups excluding carboxylic acids is 1. The molecule has 0 atom stereocenters. The van der Waals surface area contributed by atoms with Crippen LogP contribution in [0.2, 0.25) is 0 Å². The average molecular weight is 238 g/mol. The first kappa shape index (κ1) is 13.6. The largest absolute Gasteiger partial charge is 0.345 e. The molecule has 0 saturated carbocycles. The van der Waals surface area contributed by atoms with Gasteiger partial charge >= 0.3 is 0 Å². The number of amides is 1. The third kappa shape index (κ3) is 4.95. The minimum Gasteiger partial charge on any atom is -0.345 e. The van der Waals surface area contributed by atoms with E-state index in [0.717, 1.165) is 18.4 Å². The van der Waals surface area contributed by atoms with Gasteiger partial charge in [0.1, 0.15) is 5.82 Å². The average Bonchev–Trinajstić information content (AvgIpc) is 2.34. The van der Waals surface area contributed by atoms with Crippen LogP contribution in [-0.2, 0) is 11.2 Å². The van der Waals surface area contributed by atoms with Crippen molar-refractivity contribution < 1.29 is 9.18 Å². The van der Waals surface area contributed by atoms with Crippen LogP contribution in [-0.4, -0.2) is 30.9 Å². The second-order valence-corrected chi connectivity index (χ2v) is 4.08. The predicted molar refractivity (Wildman–Crippen MR) is 66.0 cm³/mol. The first-order chi connectivity index (χ1) is 8.13. The predicted octanol–water partition coefficient (Wildman–Crippen LogP) is 1.57. The molecule has 4 heteroatoms. The summed E-state index contributed by atoms with van der Waals surface area (Å²) in [5.41, 5.74) is 6.38. The molecule has 0 unspecified atom stereocenters. The highest BCUT2D eigenvalue weighted by Crippen LogP contribution is 2.05. The highest BCUT2D eigenvalue weighted by atomic mass is 19.1. The highest BCUT2D eigenvalue weighted by Gasteiger charge is 2.07. The third-order valence-corrected chi connectivity index (χ3v) is 2.67. The third-order valence-electron chi connectivity index (χ3n) is 2.67. The Bertz CT molecular complexity index is 351. The first-order valence-electron chi connectivity index (χ1n) is 5.82. The zero-order valence-corrected chi connectivity index (χ0v) is 10.2. The summed E-state index contributed by atoms with van der Waals surface area (Å²) < 4.78 is 12.7. The lowest BCUT2D eigenvalue weighted by Crippen LogP contribution is -2.29. The Kier molecular flexibility index (Phi) is 5.63. The van der Waals surface area contributed by atoms with Gasteiger partial charge in [-0.3, -0.25) is 4.79 Å². The van der Waals surface area contributed by atoms with Gasteiger partial charge in [-0.15, -0.1) is 0 Å². The zero-order valence-electron chi connectivity index (χ0n) is 10.2. The SMILES string of the molecule is CN(CCc1ccc(F)cc1)C(=O)CCCN. The molecule has 0 radical (unpaired) electrons. The van der Waals surface area contributed by atoms with Gasteiger partial charge in [0.2, 0.25) is 5.91 Å². The van der Waals surface area contributed by atoms with E-state index in [4.69, 9.17) is 5.73 Å². The Hall–Kier alpha value is -1.42. The quantitative estimate of drug-likeness (QED) is 0.817. The smallest absolute Gasteiger partial charge is 0.222 e. The molecular weight excluding hydrogens is 219 g/mol. The van der Waals surface area contributed by atoms with Crippen LogP contribution in [0.15, 0.2) is 24.3 Å². The minimum atomic E-state index is -0.235. The molecule has 0 aliphatic carbocycles. The van der Waals surface area contributed by atoms with Crippen LogP contribution in [0.1, 0.15) is 18.4 Å². The maximum atomic E-state index is 12.7. The van der Waals surface area contributed by atoms with Crippen LogP contribution in [0.3, 0.4) is 0 Å². The zero-order chi connectivity index (χ0) is 12.7. The molecule has 17 heavy (non-hydrogen) atoms. The van der Waals surface area contributed by atoms with Gasteiger partial charge in [-0.2, -0.15) is 0 Å². The van der Waals surface area contributed by atoms with Crippen molar-refractivity contribution in [2.75, 3.05) is 20.1 Å². The topological polar surface area (TPSA) is 46.3 Å². The molecule has 0 heterocycles. The number of benzene rings is 1. The molecule has 0 saturated heterocycles. The van der Waals surface area contributed by atoms with E-state index in [1.54, 1.807) is 24.1 Å². The van der Waals surface area contributed by atoms with E-state index in [1.165, 1.54) is 12.1 Å². The summed E-state index contributed by atoms with van der Waals surface area (Å²) >= 11 is 0. The standard InChI is InChI=1S/C13H19FN2O/c1-16(13(17)3-2-9-15)10-8-11-4-6-12(14)7-5-11/h4-7H,2-3,8-10,15H2,1H3. The monoisotopic (exact) mass is 238 g/mol. The fraction of sp³-hybridized carbons (Fsp3) is 0.462. The fourth-order valence-corrected chi connectivity index (χ4v) is 1.52. The number of rotatable bonds is 6. The van der Waals surface area contributed by atoms with Gasteiger partial charge in [-0.25, -0.2) is 4.39 Å². The fourth-order valence-electron chi connectivity index (χ4n) is 1.52. The minimum absolute atomic E-state index is 0.109. The van der Waals surface area contributed by atoms with Crippen LogP contribution in [0.5, 0.6) is 0 Å². The van der Waals surface area contributed by atoms with Crippen molar-refractivity contribution in [3.8, 4) is 0 Å². The van der Waals surface area contributed by atoms with Crippen LogP contribution in [0.25, 0.3) is 0 Å². The summed E-state index contributed by atoms with van der Waals surface area (Å²) in [6.45, 7) is 1.19. The van der Waals surface area contributed by atoms with Gasteiger partial charge in [0.25, 0.3) is 0 Å². The Morgan fingerprint density at radius 3 is 2.59 bits per heavy atom. The summed E-state index contributed by atoms with van der Waals surface area (Å²) in [6.07, 6.45) is 1.96. The number of nitrogens with zero attached hydrogens (tertiary/aromatic N) is 1. The summed E-state index contributed by atoms with van der Waals surface area (Å²) in [7, 11) is 1.78. The Balaban J connectivity index is 2.34. The van der Waals surface area contributed by atoms with Gasteiger partial charge in [0, 0.05) is 20.0 Å². The van der Waals surface area contributed by atoms with Gasteiger partial charge in [-0.05, 0) is 37.1 Å². The Morgan fingerprint density at radius 1 is 1.35 bits per heavy atom. The summed E-state index contributed by atoms with van der Waals surface area (Å²) in [6, 6.07) is 6.36. The van der Waals surface area contributed by atoms with E-state index >= 15 is 0 Å². The molecule has 2 N–H and O–H groups in total. The molecule has 1 amide bonds. The maximum Gasteiger partial charge on any atom is 0.222 e. The molecule has 94 valence electrons. The van der Waals surface area contributed by atoms with Crippen LogP contribution >= 0.6 is 0 Å². The van der Waals surface area contributed by atoms with Crippen molar-refractivity contribution in [3.05, 3.63) is 35.6 Å². The molecule has 0 aliphatic rings. The van der Waals surface area contributed by atoms with Gasteiger partial charge in [0.15, 0.2) is 0 Å². The van der Waals surface area contributed by atoms with Crippen LogP contribution in [0, 0.1) is 5.82 Å². The van der Waals surface area contributed by atoms with Crippen molar-refractivity contribution in [1.29, 1.82) is 0 Å². The number of hydrogen-bond donors (Lipinski definition) is 1. The van der Waals surface area contributed by atoms with Crippen LogP contribution in [0.4, 0.5) is 4.39 Å². The van der Waals surface area contributed by atoms with E-state index < -0.39 is 0 Å². The van der Waals surface area contributed by atoms with E-state index in [-0.39, 0.29) is 11.7 Å². The van der Waals surface area contributed by atoms with Crippen molar-refractivity contribution in [2.45, 2.75) is 19.3 Å². The molecule has 0 aromatic heterocycles. The number of hydrogen-bond acceptors (Lipinski definition) is 2. The molecule has 1 rings (SSSR count). The first-order valence-corrected chi connectivity index (χ1v) is 5.82. The number of nitrogens with two attached hydrogens (primary N) is 1. The van der Waals surface area contributed by atoms with E-state index in [2.05, 4.69) is 0 Å². The summed E-state index contributed by atoms with van der Waals surface area (Å²) in [4.78, 5) is 13.3. The summed E-state index contributed by atoms with van der Waals surface area (Å²) in [5, 5.41) is 0. The van der Waals surface area contributed by atoms with Crippen LogP contribution < -0.4 is 5.73 Å². The van der Waals surface area contributed by atoms with E-state index in [9.17, 15) is 9.18 Å². The lowest BCUT2D eigenvalue weighted by atomic mass is 10.1. The van der Waals surface area contributed by atoms with Gasteiger partial charge in [-0.1, -0.05) is 12.1 Å². The second kappa shape index (κ2) is 7.01. The number of likely N-dealkylation sites (N-methyl/N-ethyl adjacent to an activating group) is 1. The normalized spacial score (nSPS) is 10.3. The van der Waals surface area contributed by atoms with Crippen molar-refractivity contribution >= 4 is 5.91 Å². The van der Waals surface area contributed by atoms with E-state index in [1.807, 2.05) is 0 Å². The lowest BCUT2D eigenvalue weighted by molar-refractivity contribution is -0.129. The Morgan fingerprint density at radius 2 is 2.00 bits per heavy atom. The number of halogens is 1. The van der Waals surface area contributed by atoms with E-state index in [0.29, 0.717) is 19.5 Å². The van der Waals surface area contributed by atoms with Gasteiger partial charge in [0.05, 0.1) is 0 Å². The molecule has 0 aliphatic heterocycles. The number of carbonyl (C=O) groups is 1. The van der Waals surface area contributed by atoms with Crippen molar-refractivity contribution in [3.63, 3.8) is 0 Å². The van der Waals surface area contributed by atoms with Crippen molar-refractivity contribution in [1.82, 2.24) is 4.90 Å². The molecule has 1 aromatic carbocycles. The molecule has 0 spiro atoms. The second-order valence-electron chi connectivity index (χ2n) is 4.08. The Labute approximate surface area is 101 Å². The van der Waals surface area contributed by atoms with Crippen molar-refractivity contribution in [2.24, 2.45) is 5.73 Å². The molecular formula is C13H19FN2O. The molecule has 0 fully saturated rings. The lowest BCUT2D eigenvalue weighted by Gasteiger charge is -2.16.